The summed E-state index contributed by atoms with van der Waals surface area (Å²) in [5, 5.41) is 0. The van der Waals surface area contributed by atoms with Gasteiger partial charge in [-0.2, -0.15) is 0 Å². The van der Waals surface area contributed by atoms with Gasteiger partial charge in [0, 0.05) is 43.0 Å². The lowest BCUT2D eigenvalue weighted by atomic mass is 10.2. The number of nitrogens with zero attached hydrogens (tertiary/aromatic N) is 2. The van der Waals surface area contributed by atoms with E-state index in [9.17, 15) is 9.59 Å². The van der Waals surface area contributed by atoms with E-state index >= 15 is 0 Å². The Labute approximate surface area is 97.7 Å². The van der Waals surface area contributed by atoms with Gasteiger partial charge in [0.25, 0.3) is 5.91 Å². The Bertz CT molecular complexity index is 578. The fourth-order valence-corrected chi connectivity index (χ4v) is 1.46. The van der Waals surface area contributed by atoms with Gasteiger partial charge in [-0.25, -0.2) is 0 Å². The highest BCUT2D eigenvalue weighted by atomic mass is 16.2. The summed E-state index contributed by atoms with van der Waals surface area (Å²) in [5.41, 5.74) is 0.789. The van der Waals surface area contributed by atoms with E-state index < -0.39 is 0 Å². The molecule has 5 heteroatoms. The van der Waals surface area contributed by atoms with E-state index in [0.29, 0.717) is 5.56 Å². The third-order valence-electron chi connectivity index (χ3n) is 2.38. The number of carbonyl (C=O) groups excluding carboxylic acids is 1. The predicted octanol–water partition coefficient (Wildman–Crippen LogP) is 1.05. The molecule has 0 spiro atoms. The van der Waals surface area contributed by atoms with Crippen LogP contribution in [0.5, 0.6) is 0 Å². The zero-order valence-electron chi connectivity index (χ0n) is 9.25. The number of pyridine rings is 2. The monoisotopic (exact) mass is 229 g/mol. The maximum Gasteiger partial charge on any atom is 0.258 e. The summed E-state index contributed by atoms with van der Waals surface area (Å²) >= 11 is 0. The maximum atomic E-state index is 12.1. The first-order chi connectivity index (χ1) is 8.18. The molecule has 0 aliphatic rings. The smallest absolute Gasteiger partial charge is 0.258 e. The lowest BCUT2D eigenvalue weighted by Gasteiger charge is -2.16. The number of aromatic amines is 1. The summed E-state index contributed by atoms with van der Waals surface area (Å²) in [4.78, 5) is 31.0. The van der Waals surface area contributed by atoms with Crippen molar-refractivity contribution in [2.24, 2.45) is 0 Å². The molecular weight excluding hydrogens is 218 g/mol. The van der Waals surface area contributed by atoms with Crippen LogP contribution in [0.2, 0.25) is 0 Å². The molecule has 1 amide bonds. The van der Waals surface area contributed by atoms with Gasteiger partial charge in [-0.05, 0) is 18.2 Å². The van der Waals surface area contributed by atoms with Gasteiger partial charge >= 0.3 is 0 Å². The average molecular weight is 229 g/mol. The van der Waals surface area contributed by atoms with Crippen LogP contribution in [0.15, 0.2) is 47.7 Å². The quantitative estimate of drug-likeness (QED) is 0.836. The zero-order chi connectivity index (χ0) is 12.3. The Morgan fingerprint density at radius 1 is 1.29 bits per heavy atom. The van der Waals surface area contributed by atoms with Gasteiger partial charge < -0.3 is 9.88 Å². The van der Waals surface area contributed by atoms with Gasteiger partial charge in [0.05, 0.1) is 0 Å². The van der Waals surface area contributed by atoms with Crippen LogP contribution in [0, 0.1) is 0 Å². The summed E-state index contributed by atoms with van der Waals surface area (Å²) in [6, 6.07) is 6.30. The predicted molar refractivity (Wildman–Crippen MR) is 64.0 cm³/mol. The minimum Gasteiger partial charge on any atom is -0.329 e. The van der Waals surface area contributed by atoms with Crippen molar-refractivity contribution in [3.63, 3.8) is 0 Å². The highest BCUT2D eigenvalue weighted by Crippen LogP contribution is 2.12. The zero-order valence-corrected chi connectivity index (χ0v) is 9.25. The van der Waals surface area contributed by atoms with Gasteiger partial charge in [0.1, 0.15) is 0 Å². The van der Waals surface area contributed by atoms with Gasteiger partial charge in [0.2, 0.25) is 5.56 Å². The largest absolute Gasteiger partial charge is 0.329 e. The Morgan fingerprint density at radius 3 is 2.65 bits per heavy atom. The molecule has 2 aromatic heterocycles. The van der Waals surface area contributed by atoms with Crippen LogP contribution >= 0.6 is 0 Å². The molecule has 0 aromatic carbocycles. The van der Waals surface area contributed by atoms with Crippen molar-refractivity contribution in [1.29, 1.82) is 0 Å². The van der Waals surface area contributed by atoms with Gasteiger partial charge in [-0.1, -0.05) is 0 Å². The molecule has 0 aliphatic carbocycles. The van der Waals surface area contributed by atoms with Crippen molar-refractivity contribution < 1.29 is 4.79 Å². The molecule has 0 fully saturated rings. The highest BCUT2D eigenvalue weighted by molar-refractivity contribution is 6.05. The maximum absolute atomic E-state index is 12.1. The van der Waals surface area contributed by atoms with E-state index in [1.807, 2.05) is 0 Å². The molecule has 2 rings (SSSR count). The van der Waals surface area contributed by atoms with Crippen molar-refractivity contribution in [3.8, 4) is 0 Å². The molecule has 17 heavy (non-hydrogen) atoms. The number of aromatic nitrogens is 2. The number of H-pyrrole nitrogens is 1. The van der Waals surface area contributed by atoms with Crippen molar-refractivity contribution in [2.75, 3.05) is 11.9 Å². The third-order valence-corrected chi connectivity index (χ3v) is 2.38. The average Bonchev–Trinajstić information content (AvgIpc) is 2.38. The molecule has 0 saturated carbocycles. The minimum absolute atomic E-state index is 0.234. The van der Waals surface area contributed by atoms with E-state index in [0.717, 1.165) is 5.69 Å². The standard InChI is InChI=1S/C12H11N3O2/c1-15(10-3-5-13-6-4-10)12(17)9-2-7-14-11(16)8-9/h2-8H,1H3,(H,14,16). The third kappa shape index (κ3) is 2.39. The Balaban J connectivity index is 2.30. The first kappa shape index (κ1) is 11.1. The SMILES string of the molecule is CN(C(=O)c1cc[nH]c(=O)c1)c1ccncc1. The molecule has 0 bridgehead atoms. The number of hydrogen-bond acceptors (Lipinski definition) is 3. The van der Waals surface area contributed by atoms with E-state index in [1.165, 1.54) is 17.2 Å². The summed E-state index contributed by atoms with van der Waals surface area (Å²) in [6.45, 7) is 0. The first-order valence-corrected chi connectivity index (χ1v) is 5.05. The second-order valence-electron chi connectivity index (χ2n) is 3.51. The topological polar surface area (TPSA) is 66.1 Å². The van der Waals surface area contributed by atoms with Crippen molar-refractivity contribution in [1.82, 2.24) is 9.97 Å². The van der Waals surface area contributed by atoms with Gasteiger partial charge in [-0.15, -0.1) is 0 Å². The van der Waals surface area contributed by atoms with Crippen LogP contribution in [0.3, 0.4) is 0 Å². The Hall–Kier alpha value is -2.43. The van der Waals surface area contributed by atoms with Crippen LogP contribution in [0.4, 0.5) is 5.69 Å². The first-order valence-electron chi connectivity index (χ1n) is 5.05. The van der Waals surface area contributed by atoms with E-state index in [-0.39, 0.29) is 11.5 Å². The molecule has 86 valence electrons. The van der Waals surface area contributed by atoms with Crippen LogP contribution in [-0.4, -0.2) is 22.9 Å². The van der Waals surface area contributed by atoms with Crippen molar-refractivity contribution in [3.05, 3.63) is 58.8 Å². The second kappa shape index (κ2) is 4.61. The normalized spacial score (nSPS) is 9.94. The summed E-state index contributed by atoms with van der Waals surface area (Å²) < 4.78 is 0. The molecule has 0 aliphatic heterocycles. The lowest BCUT2D eigenvalue weighted by Crippen LogP contribution is -2.27. The summed E-state index contributed by atoms with van der Waals surface area (Å²) in [7, 11) is 1.65. The Morgan fingerprint density at radius 2 is 2.00 bits per heavy atom. The van der Waals surface area contributed by atoms with E-state index in [2.05, 4.69) is 9.97 Å². The van der Waals surface area contributed by atoms with E-state index in [1.54, 1.807) is 37.6 Å². The van der Waals surface area contributed by atoms with E-state index in [4.69, 9.17) is 0 Å². The number of amides is 1. The van der Waals surface area contributed by atoms with Crippen LogP contribution in [0.1, 0.15) is 10.4 Å². The molecular formula is C12H11N3O2. The van der Waals surface area contributed by atoms with Crippen molar-refractivity contribution in [2.45, 2.75) is 0 Å². The fourth-order valence-electron chi connectivity index (χ4n) is 1.46. The number of rotatable bonds is 2. The van der Waals surface area contributed by atoms with Crippen LogP contribution in [0.25, 0.3) is 0 Å². The summed E-state index contributed by atoms with van der Waals surface area (Å²) in [6.07, 6.45) is 4.67. The van der Waals surface area contributed by atoms with Gasteiger partial charge in [-0.3, -0.25) is 14.6 Å². The molecule has 0 unspecified atom stereocenters. The fraction of sp³-hybridized carbons (Fsp3) is 0.0833. The number of carbonyl (C=O) groups is 1. The molecule has 0 radical (unpaired) electrons. The molecule has 0 saturated heterocycles. The molecule has 0 atom stereocenters. The number of nitrogens with one attached hydrogen (secondary N) is 1. The van der Waals surface area contributed by atoms with Crippen molar-refractivity contribution >= 4 is 11.6 Å². The molecule has 2 aromatic rings. The second-order valence-corrected chi connectivity index (χ2v) is 3.51. The molecule has 2 heterocycles. The number of hydrogen-bond donors (Lipinski definition) is 1. The summed E-state index contributed by atoms with van der Waals surface area (Å²) in [5.74, 6) is -0.234. The minimum atomic E-state index is -0.293. The molecule has 5 nitrogen and oxygen atoms in total. The Kier molecular flexibility index (Phi) is 3.00. The number of anilines is 1. The highest BCUT2D eigenvalue weighted by Gasteiger charge is 2.13. The van der Waals surface area contributed by atoms with Crippen LogP contribution < -0.4 is 10.5 Å². The van der Waals surface area contributed by atoms with Crippen LogP contribution in [-0.2, 0) is 0 Å². The van der Waals surface area contributed by atoms with Gasteiger partial charge in [0.15, 0.2) is 0 Å². The lowest BCUT2D eigenvalue weighted by molar-refractivity contribution is 0.0993. The molecule has 1 N–H and O–H groups in total.